The van der Waals surface area contributed by atoms with E-state index in [9.17, 15) is 9.59 Å². The van der Waals surface area contributed by atoms with Gasteiger partial charge in [0, 0.05) is 13.0 Å². The number of amides is 2. The highest BCUT2D eigenvalue weighted by Gasteiger charge is 2.15. The summed E-state index contributed by atoms with van der Waals surface area (Å²) in [5.41, 5.74) is 6.39. The molecule has 0 aliphatic heterocycles. The third kappa shape index (κ3) is 3.56. The van der Waals surface area contributed by atoms with E-state index in [-0.39, 0.29) is 17.7 Å². The fourth-order valence-corrected chi connectivity index (χ4v) is 1.56. The van der Waals surface area contributed by atoms with Crippen LogP contribution in [0.4, 0.5) is 5.69 Å². The fourth-order valence-electron chi connectivity index (χ4n) is 1.56. The molecule has 1 atom stereocenters. The Morgan fingerprint density at radius 3 is 2.61 bits per heavy atom. The second kappa shape index (κ2) is 6.76. The van der Waals surface area contributed by atoms with Crippen LogP contribution in [0.25, 0.3) is 0 Å². The van der Waals surface area contributed by atoms with Crippen molar-refractivity contribution in [3.05, 3.63) is 29.8 Å². The van der Waals surface area contributed by atoms with Crippen LogP contribution in [0.15, 0.2) is 24.3 Å². The van der Waals surface area contributed by atoms with Gasteiger partial charge in [0.15, 0.2) is 0 Å². The third-order valence-corrected chi connectivity index (χ3v) is 2.70. The van der Waals surface area contributed by atoms with Gasteiger partial charge in [-0.15, -0.1) is 0 Å². The summed E-state index contributed by atoms with van der Waals surface area (Å²) < 4.78 is 0. The van der Waals surface area contributed by atoms with Gasteiger partial charge in [-0.05, 0) is 25.1 Å². The lowest BCUT2D eigenvalue weighted by molar-refractivity contribution is -0.119. The predicted octanol–water partition coefficient (Wildman–Crippen LogP) is 0.970. The molecule has 0 aliphatic rings. The van der Waals surface area contributed by atoms with E-state index in [2.05, 4.69) is 10.6 Å². The van der Waals surface area contributed by atoms with Crippen molar-refractivity contribution in [1.29, 1.82) is 0 Å². The first-order valence-corrected chi connectivity index (χ1v) is 5.92. The van der Waals surface area contributed by atoms with E-state index in [0.29, 0.717) is 24.2 Å². The molecule has 5 nitrogen and oxygen atoms in total. The highest BCUT2D eigenvalue weighted by Crippen LogP contribution is 2.16. The zero-order chi connectivity index (χ0) is 13.5. The molecule has 0 bridgehead atoms. The minimum atomic E-state index is -0.225. The van der Waals surface area contributed by atoms with Crippen LogP contribution in [0.5, 0.6) is 0 Å². The van der Waals surface area contributed by atoms with Crippen molar-refractivity contribution in [3.63, 3.8) is 0 Å². The van der Waals surface area contributed by atoms with Crippen LogP contribution in [0, 0.1) is 5.92 Å². The normalized spacial score (nSPS) is 11.7. The van der Waals surface area contributed by atoms with Crippen LogP contribution < -0.4 is 16.4 Å². The van der Waals surface area contributed by atoms with Gasteiger partial charge in [0.1, 0.15) is 0 Å². The number of hydrogen-bond donors (Lipinski definition) is 3. The summed E-state index contributed by atoms with van der Waals surface area (Å²) in [6, 6.07) is 6.90. The van der Waals surface area contributed by atoms with E-state index < -0.39 is 0 Å². The monoisotopic (exact) mass is 249 g/mol. The molecule has 4 N–H and O–H groups in total. The maximum Gasteiger partial charge on any atom is 0.253 e. The Morgan fingerprint density at radius 1 is 1.33 bits per heavy atom. The van der Waals surface area contributed by atoms with Gasteiger partial charge in [-0.25, -0.2) is 0 Å². The summed E-state index contributed by atoms with van der Waals surface area (Å²) in [7, 11) is 1.55. The van der Waals surface area contributed by atoms with Crippen molar-refractivity contribution in [3.8, 4) is 0 Å². The Labute approximate surface area is 107 Å². The molecule has 0 spiro atoms. The molecule has 0 aromatic heterocycles. The average Bonchev–Trinajstić information content (AvgIpc) is 2.38. The van der Waals surface area contributed by atoms with Gasteiger partial charge in [0.05, 0.1) is 11.3 Å². The Morgan fingerprint density at radius 2 is 2.00 bits per heavy atom. The molecule has 0 radical (unpaired) electrons. The van der Waals surface area contributed by atoms with Gasteiger partial charge in [-0.2, -0.15) is 0 Å². The molecule has 2 amide bonds. The fraction of sp³-hybridized carbons (Fsp3) is 0.385. The van der Waals surface area contributed by atoms with Gasteiger partial charge in [-0.1, -0.05) is 19.1 Å². The second-order valence-corrected chi connectivity index (χ2v) is 4.09. The molecule has 18 heavy (non-hydrogen) atoms. The number of anilines is 1. The summed E-state index contributed by atoms with van der Waals surface area (Å²) in [5, 5.41) is 5.29. The number of benzene rings is 1. The molecule has 0 fully saturated rings. The number of para-hydroxylation sites is 1. The quantitative estimate of drug-likeness (QED) is 0.727. The van der Waals surface area contributed by atoms with Crippen LogP contribution in [-0.2, 0) is 4.79 Å². The summed E-state index contributed by atoms with van der Waals surface area (Å²) in [6.07, 6.45) is 0.619. The van der Waals surface area contributed by atoms with Gasteiger partial charge in [-0.3, -0.25) is 9.59 Å². The Kier molecular flexibility index (Phi) is 5.32. The van der Waals surface area contributed by atoms with Crippen molar-refractivity contribution < 1.29 is 9.59 Å². The average molecular weight is 249 g/mol. The largest absolute Gasteiger partial charge is 0.355 e. The minimum Gasteiger partial charge on any atom is -0.355 e. The molecule has 0 saturated carbocycles. The Balaban J connectivity index is 2.84. The summed E-state index contributed by atoms with van der Waals surface area (Å²) in [5.74, 6) is -0.526. The van der Waals surface area contributed by atoms with E-state index in [1.807, 2.05) is 6.92 Å². The molecule has 1 rings (SSSR count). The standard InChI is InChI=1S/C13H19N3O2/c1-9(7-8-14)12(17)16-11-6-4-3-5-10(11)13(18)15-2/h3-6,9H,7-8,14H2,1-2H3,(H,15,18)(H,16,17). The number of carbonyl (C=O) groups excluding carboxylic acids is 2. The van der Waals surface area contributed by atoms with Crippen molar-refractivity contribution in [2.45, 2.75) is 13.3 Å². The molecular weight excluding hydrogens is 230 g/mol. The molecule has 1 aromatic carbocycles. The van der Waals surface area contributed by atoms with Crippen LogP contribution >= 0.6 is 0 Å². The lowest BCUT2D eigenvalue weighted by Gasteiger charge is -2.13. The number of nitrogens with one attached hydrogen (secondary N) is 2. The zero-order valence-electron chi connectivity index (χ0n) is 10.7. The van der Waals surface area contributed by atoms with Crippen molar-refractivity contribution in [1.82, 2.24) is 5.32 Å². The molecule has 1 aromatic rings. The van der Waals surface area contributed by atoms with Gasteiger partial charge in [0.2, 0.25) is 5.91 Å². The van der Waals surface area contributed by atoms with Crippen LogP contribution in [0.3, 0.4) is 0 Å². The first kappa shape index (κ1) is 14.2. The Bertz CT molecular complexity index is 432. The summed E-state index contributed by atoms with van der Waals surface area (Å²) >= 11 is 0. The predicted molar refractivity (Wildman–Crippen MR) is 71.3 cm³/mol. The first-order chi connectivity index (χ1) is 8.60. The van der Waals surface area contributed by atoms with Crippen LogP contribution in [0.1, 0.15) is 23.7 Å². The minimum absolute atomic E-state index is 0.128. The lowest BCUT2D eigenvalue weighted by atomic mass is 10.1. The maximum atomic E-state index is 11.9. The molecule has 0 aliphatic carbocycles. The zero-order valence-corrected chi connectivity index (χ0v) is 10.7. The van der Waals surface area contributed by atoms with Crippen LogP contribution in [-0.4, -0.2) is 25.4 Å². The molecule has 98 valence electrons. The van der Waals surface area contributed by atoms with Gasteiger partial charge in [0.25, 0.3) is 5.91 Å². The molecule has 1 unspecified atom stereocenters. The second-order valence-electron chi connectivity index (χ2n) is 4.09. The van der Waals surface area contributed by atoms with E-state index in [4.69, 9.17) is 5.73 Å². The van der Waals surface area contributed by atoms with Crippen LogP contribution in [0.2, 0.25) is 0 Å². The highest BCUT2D eigenvalue weighted by molar-refractivity contribution is 6.03. The lowest BCUT2D eigenvalue weighted by Crippen LogP contribution is -2.25. The summed E-state index contributed by atoms with van der Waals surface area (Å²) in [4.78, 5) is 23.5. The maximum absolute atomic E-state index is 11.9. The first-order valence-electron chi connectivity index (χ1n) is 5.92. The van der Waals surface area contributed by atoms with Crippen molar-refractivity contribution in [2.24, 2.45) is 11.7 Å². The van der Waals surface area contributed by atoms with Crippen molar-refractivity contribution >= 4 is 17.5 Å². The molecular formula is C13H19N3O2. The SMILES string of the molecule is CNC(=O)c1ccccc1NC(=O)C(C)CCN. The van der Waals surface area contributed by atoms with E-state index >= 15 is 0 Å². The van der Waals surface area contributed by atoms with E-state index in [1.165, 1.54) is 0 Å². The Hall–Kier alpha value is -1.88. The number of carbonyl (C=O) groups is 2. The number of rotatable bonds is 5. The molecule has 0 saturated heterocycles. The van der Waals surface area contributed by atoms with E-state index in [1.54, 1.807) is 31.3 Å². The van der Waals surface area contributed by atoms with Crippen molar-refractivity contribution in [2.75, 3.05) is 18.9 Å². The highest BCUT2D eigenvalue weighted by atomic mass is 16.2. The summed E-state index contributed by atoms with van der Waals surface area (Å²) in [6.45, 7) is 2.27. The number of hydrogen-bond acceptors (Lipinski definition) is 3. The third-order valence-electron chi connectivity index (χ3n) is 2.70. The number of nitrogens with two attached hydrogens (primary N) is 1. The molecule has 0 heterocycles. The van der Waals surface area contributed by atoms with Gasteiger partial charge >= 0.3 is 0 Å². The smallest absolute Gasteiger partial charge is 0.253 e. The topological polar surface area (TPSA) is 84.2 Å². The van der Waals surface area contributed by atoms with E-state index in [0.717, 1.165) is 0 Å². The molecule has 5 heteroatoms. The van der Waals surface area contributed by atoms with Gasteiger partial charge < -0.3 is 16.4 Å².